The Morgan fingerprint density at radius 2 is 1.29 bits per heavy atom. The van der Waals surface area contributed by atoms with Crippen molar-refractivity contribution in [2.75, 3.05) is 0 Å². The van der Waals surface area contributed by atoms with Crippen LogP contribution in [-0.2, 0) is 0 Å². The molecule has 1 aromatic carbocycles. The lowest BCUT2D eigenvalue weighted by Crippen LogP contribution is -1.98. The summed E-state index contributed by atoms with van der Waals surface area (Å²) in [6.45, 7) is 0. The molecule has 0 fully saturated rings. The van der Waals surface area contributed by atoms with Crippen LogP contribution in [0.15, 0.2) is 43.9 Å². The number of fused-ring (bicyclic) bond motifs is 1. The van der Waals surface area contributed by atoms with Crippen LogP contribution < -0.4 is 0 Å². The number of hydrogen-bond donors (Lipinski definition) is 0. The van der Waals surface area contributed by atoms with E-state index in [0.717, 1.165) is 0 Å². The van der Waals surface area contributed by atoms with Gasteiger partial charge >= 0.3 is 0 Å². The molecule has 1 aliphatic carbocycles. The topological polar surface area (TPSA) is 0 Å². The minimum Gasteiger partial charge on any atom is -0.0925 e. The van der Waals surface area contributed by atoms with Gasteiger partial charge in [0.1, 0.15) is 0 Å². The van der Waals surface area contributed by atoms with Crippen LogP contribution in [0.1, 0.15) is 25.7 Å². The van der Waals surface area contributed by atoms with Crippen molar-refractivity contribution in [1.29, 1.82) is 0 Å². The van der Waals surface area contributed by atoms with Gasteiger partial charge in [-0.05, 0) is 47.6 Å². The molecule has 0 amide bonds. The lowest BCUT2D eigenvalue weighted by atomic mass is 10.1. The van der Waals surface area contributed by atoms with Gasteiger partial charge in [-0.3, -0.25) is 0 Å². The fourth-order valence-electron chi connectivity index (χ4n) is 1.95. The van der Waals surface area contributed by atoms with Crippen LogP contribution in [0, 0.1) is 0 Å². The molecule has 0 atom stereocenters. The van der Waals surface area contributed by atoms with E-state index in [1.807, 2.05) is 23.5 Å². The SMILES string of the molecule is c1ccc2c(c1)SC1=C(CCCC1)S2. The van der Waals surface area contributed by atoms with Gasteiger partial charge in [-0.1, -0.05) is 35.7 Å². The van der Waals surface area contributed by atoms with Gasteiger partial charge in [0.15, 0.2) is 0 Å². The minimum atomic E-state index is 1.31. The first-order chi connectivity index (χ1) is 6.93. The number of allylic oxidation sites excluding steroid dienone is 2. The normalized spacial score (nSPS) is 20.3. The van der Waals surface area contributed by atoms with E-state index in [2.05, 4.69) is 24.3 Å². The maximum Gasteiger partial charge on any atom is 0.0258 e. The summed E-state index contributed by atoms with van der Waals surface area (Å²) in [5, 5.41) is 0. The molecule has 0 radical (unpaired) electrons. The third-order valence-corrected chi connectivity index (χ3v) is 5.49. The van der Waals surface area contributed by atoms with Gasteiger partial charge in [0.25, 0.3) is 0 Å². The Morgan fingerprint density at radius 3 is 1.79 bits per heavy atom. The zero-order valence-corrected chi connectivity index (χ0v) is 9.59. The minimum absolute atomic E-state index is 1.31. The highest BCUT2D eigenvalue weighted by atomic mass is 32.2. The molecule has 0 bridgehead atoms. The van der Waals surface area contributed by atoms with Crippen molar-refractivity contribution in [1.82, 2.24) is 0 Å². The van der Waals surface area contributed by atoms with Crippen LogP contribution in [0.3, 0.4) is 0 Å². The molecule has 1 aliphatic heterocycles. The van der Waals surface area contributed by atoms with Crippen molar-refractivity contribution in [3.63, 3.8) is 0 Å². The molecule has 0 saturated carbocycles. The van der Waals surface area contributed by atoms with Gasteiger partial charge in [-0.25, -0.2) is 0 Å². The fourth-order valence-corrected chi connectivity index (χ4v) is 4.54. The second kappa shape index (κ2) is 3.67. The second-order valence-corrected chi connectivity index (χ2v) is 5.98. The van der Waals surface area contributed by atoms with Crippen molar-refractivity contribution in [2.24, 2.45) is 0 Å². The first-order valence-electron chi connectivity index (χ1n) is 5.10. The summed E-state index contributed by atoms with van der Waals surface area (Å²) in [7, 11) is 0. The summed E-state index contributed by atoms with van der Waals surface area (Å²) in [6, 6.07) is 8.76. The first kappa shape index (κ1) is 8.93. The highest BCUT2D eigenvalue weighted by Gasteiger charge is 2.21. The lowest BCUT2D eigenvalue weighted by molar-refractivity contribution is 0.715. The van der Waals surface area contributed by atoms with Crippen LogP contribution in [0.25, 0.3) is 0 Å². The number of benzene rings is 1. The van der Waals surface area contributed by atoms with Gasteiger partial charge in [0.2, 0.25) is 0 Å². The molecule has 72 valence electrons. The number of rotatable bonds is 0. The molecule has 0 saturated heterocycles. The van der Waals surface area contributed by atoms with Gasteiger partial charge in [0, 0.05) is 9.79 Å². The standard InChI is InChI=1S/C12H12S2/c1-2-6-10-9(5-1)13-11-7-3-4-8-12(11)14-10/h1-2,5-6H,3-4,7-8H2. The molecule has 0 N–H and O–H groups in total. The summed E-state index contributed by atoms with van der Waals surface area (Å²) in [6.07, 6.45) is 5.38. The van der Waals surface area contributed by atoms with E-state index < -0.39 is 0 Å². The predicted octanol–water partition coefficient (Wildman–Crippen LogP) is 4.67. The average Bonchev–Trinajstić information content (AvgIpc) is 2.26. The maximum absolute atomic E-state index is 2.24. The lowest BCUT2D eigenvalue weighted by Gasteiger charge is -2.25. The van der Waals surface area contributed by atoms with E-state index in [1.54, 1.807) is 9.81 Å². The molecule has 0 nitrogen and oxygen atoms in total. The summed E-state index contributed by atoms with van der Waals surface area (Å²) in [5.74, 6) is 0. The van der Waals surface area contributed by atoms with Gasteiger partial charge in [0.05, 0.1) is 0 Å². The monoisotopic (exact) mass is 220 g/mol. The third kappa shape index (κ3) is 1.51. The molecule has 1 heterocycles. The smallest absolute Gasteiger partial charge is 0.0258 e. The summed E-state index contributed by atoms with van der Waals surface area (Å²) in [5.41, 5.74) is 0. The van der Waals surface area contributed by atoms with E-state index in [-0.39, 0.29) is 0 Å². The fraction of sp³-hybridized carbons (Fsp3) is 0.333. The van der Waals surface area contributed by atoms with Gasteiger partial charge < -0.3 is 0 Å². The first-order valence-corrected chi connectivity index (χ1v) is 6.73. The Labute approximate surface area is 93.2 Å². The van der Waals surface area contributed by atoms with E-state index in [9.17, 15) is 0 Å². The summed E-state index contributed by atoms with van der Waals surface area (Å²) < 4.78 is 0. The van der Waals surface area contributed by atoms with Crippen molar-refractivity contribution >= 4 is 23.5 Å². The van der Waals surface area contributed by atoms with Gasteiger partial charge in [-0.2, -0.15) is 0 Å². The number of thioether (sulfide) groups is 2. The molecule has 2 aliphatic rings. The van der Waals surface area contributed by atoms with Gasteiger partial charge in [-0.15, -0.1) is 0 Å². The van der Waals surface area contributed by atoms with Crippen LogP contribution in [0.4, 0.5) is 0 Å². The molecule has 2 heteroatoms. The van der Waals surface area contributed by atoms with E-state index in [0.29, 0.717) is 0 Å². The van der Waals surface area contributed by atoms with Crippen molar-refractivity contribution < 1.29 is 0 Å². The van der Waals surface area contributed by atoms with E-state index in [4.69, 9.17) is 0 Å². The zero-order chi connectivity index (χ0) is 9.38. The van der Waals surface area contributed by atoms with Crippen LogP contribution >= 0.6 is 23.5 Å². The number of hydrogen-bond acceptors (Lipinski definition) is 2. The molecule has 0 spiro atoms. The van der Waals surface area contributed by atoms with Crippen LogP contribution in [0.5, 0.6) is 0 Å². The van der Waals surface area contributed by atoms with E-state index >= 15 is 0 Å². The zero-order valence-electron chi connectivity index (χ0n) is 7.95. The second-order valence-electron chi connectivity index (χ2n) is 3.70. The van der Waals surface area contributed by atoms with Crippen molar-refractivity contribution in [3.05, 3.63) is 34.1 Å². The highest BCUT2D eigenvalue weighted by molar-refractivity contribution is 8.09. The Kier molecular flexibility index (Phi) is 2.34. The summed E-state index contributed by atoms with van der Waals surface area (Å²) >= 11 is 4.00. The average molecular weight is 220 g/mol. The maximum atomic E-state index is 2.24. The molecular weight excluding hydrogens is 208 g/mol. The quantitative estimate of drug-likeness (QED) is 0.623. The Hall–Kier alpha value is -0.340. The third-order valence-electron chi connectivity index (χ3n) is 2.68. The molecular formula is C12H12S2. The molecule has 3 rings (SSSR count). The Balaban J connectivity index is 1.99. The molecule has 1 aromatic rings. The van der Waals surface area contributed by atoms with Crippen LogP contribution in [-0.4, -0.2) is 0 Å². The van der Waals surface area contributed by atoms with Crippen LogP contribution in [0.2, 0.25) is 0 Å². The summed E-state index contributed by atoms with van der Waals surface area (Å²) in [4.78, 5) is 6.19. The molecule has 0 unspecified atom stereocenters. The van der Waals surface area contributed by atoms with Crippen molar-refractivity contribution in [2.45, 2.75) is 35.5 Å². The van der Waals surface area contributed by atoms with E-state index in [1.165, 1.54) is 35.5 Å². The molecule has 0 aromatic heterocycles. The highest BCUT2D eigenvalue weighted by Crippen LogP contribution is 2.51. The predicted molar refractivity (Wildman–Crippen MR) is 63.7 cm³/mol. The molecule has 14 heavy (non-hydrogen) atoms. The van der Waals surface area contributed by atoms with Crippen molar-refractivity contribution in [3.8, 4) is 0 Å². The largest absolute Gasteiger partial charge is 0.0925 e. The Morgan fingerprint density at radius 1 is 0.786 bits per heavy atom. The Bertz CT molecular complexity index is 356.